The minimum Gasteiger partial charge on any atom is -0.333 e. The molecule has 0 amide bonds. The Kier molecular flexibility index (Phi) is 3.47. The van der Waals surface area contributed by atoms with Crippen molar-refractivity contribution in [1.29, 1.82) is 0 Å². The van der Waals surface area contributed by atoms with Crippen LogP contribution in [0.3, 0.4) is 0 Å². The zero-order valence-electron chi connectivity index (χ0n) is 9.82. The standard InChI is InChI=1S/C12H8BrClN4S/c1-6-2-3-8-9(4-6)17-12(16-8)19-10-7(13)5-15-11(14)18-10/h2-5H,1H3,(H,16,17). The molecule has 0 aliphatic heterocycles. The van der Waals surface area contributed by atoms with Gasteiger partial charge in [-0.2, -0.15) is 0 Å². The highest BCUT2D eigenvalue weighted by molar-refractivity contribution is 9.10. The minimum absolute atomic E-state index is 0.220. The quantitative estimate of drug-likeness (QED) is 0.552. The van der Waals surface area contributed by atoms with Gasteiger partial charge in [-0.3, -0.25) is 0 Å². The van der Waals surface area contributed by atoms with E-state index in [1.807, 2.05) is 19.1 Å². The summed E-state index contributed by atoms with van der Waals surface area (Å²) in [5.41, 5.74) is 3.14. The largest absolute Gasteiger partial charge is 0.333 e. The Morgan fingerprint density at radius 1 is 1.32 bits per heavy atom. The molecule has 0 spiro atoms. The zero-order valence-corrected chi connectivity index (χ0v) is 13.0. The van der Waals surface area contributed by atoms with Crippen LogP contribution >= 0.6 is 39.3 Å². The van der Waals surface area contributed by atoms with Crippen LogP contribution in [0.15, 0.2) is 39.1 Å². The van der Waals surface area contributed by atoms with Crippen molar-refractivity contribution in [3.63, 3.8) is 0 Å². The molecule has 0 aliphatic carbocycles. The summed E-state index contributed by atoms with van der Waals surface area (Å²) >= 11 is 10.6. The number of hydrogen-bond acceptors (Lipinski definition) is 4. The number of aromatic amines is 1. The molecule has 1 aromatic carbocycles. The highest BCUT2D eigenvalue weighted by atomic mass is 79.9. The molecule has 3 aromatic rings. The van der Waals surface area contributed by atoms with Gasteiger partial charge in [0.25, 0.3) is 0 Å². The van der Waals surface area contributed by atoms with Gasteiger partial charge in [-0.1, -0.05) is 6.07 Å². The molecule has 0 bridgehead atoms. The maximum absolute atomic E-state index is 5.80. The molecule has 4 nitrogen and oxygen atoms in total. The van der Waals surface area contributed by atoms with Crippen LogP contribution in [0.25, 0.3) is 11.0 Å². The van der Waals surface area contributed by atoms with Crippen molar-refractivity contribution in [1.82, 2.24) is 19.9 Å². The van der Waals surface area contributed by atoms with Crippen molar-refractivity contribution < 1.29 is 0 Å². The predicted molar refractivity (Wildman–Crippen MR) is 79.7 cm³/mol. The lowest BCUT2D eigenvalue weighted by Gasteiger charge is -1.99. The van der Waals surface area contributed by atoms with Crippen molar-refractivity contribution in [2.75, 3.05) is 0 Å². The minimum atomic E-state index is 0.220. The molecule has 0 saturated carbocycles. The number of hydrogen-bond donors (Lipinski definition) is 1. The number of rotatable bonds is 2. The summed E-state index contributed by atoms with van der Waals surface area (Å²) in [6.45, 7) is 2.05. The summed E-state index contributed by atoms with van der Waals surface area (Å²) < 4.78 is 0.790. The lowest BCUT2D eigenvalue weighted by atomic mass is 10.2. The summed E-state index contributed by atoms with van der Waals surface area (Å²) in [6, 6.07) is 6.09. The van der Waals surface area contributed by atoms with Crippen LogP contribution in [0.1, 0.15) is 5.56 Å². The van der Waals surface area contributed by atoms with E-state index in [-0.39, 0.29) is 5.28 Å². The molecular formula is C12H8BrClN4S. The molecule has 7 heteroatoms. The first kappa shape index (κ1) is 12.9. The van der Waals surface area contributed by atoms with E-state index in [2.05, 4.69) is 41.9 Å². The SMILES string of the molecule is Cc1ccc2nc(Sc3nc(Cl)ncc3Br)[nH]c2c1. The normalized spacial score (nSPS) is 11.1. The van der Waals surface area contributed by atoms with Gasteiger partial charge in [0, 0.05) is 6.20 Å². The smallest absolute Gasteiger partial charge is 0.223 e. The van der Waals surface area contributed by atoms with E-state index in [0.29, 0.717) is 0 Å². The van der Waals surface area contributed by atoms with E-state index in [1.54, 1.807) is 6.20 Å². The number of imidazole rings is 1. The average Bonchev–Trinajstić information content (AvgIpc) is 2.75. The van der Waals surface area contributed by atoms with Gasteiger partial charge in [-0.05, 0) is 63.9 Å². The number of aromatic nitrogens is 4. The first-order valence-electron chi connectivity index (χ1n) is 5.44. The van der Waals surface area contributed by atoms with Gasteiger partial charge >= 0.3 is 0 Å². The molecule has 1 N–H and O–H groups in total. The van der Waals surface area contributed by atoms with Gasteiger partial charge in [0.2, 0.25) is 5.28 Å². The predicted octanol–water partition coefficient (Wildman–Crippen LogP) is 4.23. The second-order valence-electron chi connectivity index (χ2n) is 3.96. The Balaban J connectivity index is 1.98. The summed E-state index contributed by atoms with van der Waals surface area (Å²) in [5, 5.41) is 1.73. The number of H-pyrrole nitrogens is 1. The topological polar surface area (TPSA) is 54.5 Å². The van der Waals surface area contributed by atoms with Gasteiger partial charge < -0.3 is 4.98 Å². The van der Waals surface area contributed by atoms with Gasteiger partial charge in [-0.25, -0.2) is 15.0 Å². The molecule has 0 aliphatic rings. The second-order valence-corrected chi connectivity index (χ2v) is 6.13. The Morgan fingerprint density at radius 3 is 3.00 bits per heavy atom. The Labute approximate surface area is 127 Å². The van der Waals surface area contributed by atoms with E-state index in [9.17, 15) is 0 Å². The Bertz CT molecular complexity index is 759. The first-order chi connectivity index (χ1) is 9.11. The monoisotopic (exact) mass is 354 g/mol. The van der Waals surface area contributed by atoms with Crippen molar-refractivity contribution in [3.05, 3.63) is 39.7 Å². The summed E-state index contributed by atoms with van der Waals surface area (Å²) in [6.07, 6.45) is 1.63. The molecule has 19 heavy (non-hydrogen) atoms. The van der Waals surface area contributed by atoms with Crippen molar-refractivity contribution >= 4 is 50.3 Å². The van der Waals surface area contributed by atoms with Gasteiger partial charge in [0.1, 0.15) is 5.03 Å². The fourth-order valence-electron chi connectivity index (χ4n) is 1.64. The summed E-state index contributed by atoms with van der Waals surface area (Å²) in [5.74, 6) is 0. The maximum atomic E-state index is 5.80. The van der Waals surface area contributed by atoms with Crippen LogP contribution in [0.4, 0.5) is 0 Å². The molecule has 2 aromatic heterocycles. The third-order valence-electron chi connectivity index (χ3n) is 2.49. The van der Waals surface area contributed by atoms with E-state index < -0.39 is 0 Å². The second kappa shape index (κ2) is 5.11. The third-order valence-corrected chi connectivity index (χ3v) is 4.41. The summed E-state index contributed by atoms with van der Waals surface area (Å²) in [4.78, 5) is 15.8. The molecular weight excluding hydrogens is 348 g/mol. The van der Waals surface area contributed by atoms with Crippen LogP contribution < -0.4 is 0 Å². The molecule has 0 atom stereocenters. The van der Waals surface area contributed by atoms with Crippen LogP contribution in [0, 0.1) is 6.92 Å². The van der Waals surface area contributed by atoms with E-state index >= 15 is 0 Å². The maximum Gasteiger partial charge on any atom is 0.223 e. The molecule has 0 radical (unpaired) electrons. The lowest BCUT2D eigenvalue weighted by Crippen LogP contribution is -1.87. The van der Waals surface area contributed by atoms with E-state index in [1.165, 1.54) is 17.3 Å². The number of benzene rings is 1. The highest BCUT2D eigenvalue weighted by Crippen LogP contribution is 2.31. The van der Waals surface area contributed by atoms with Crippen molar-refractivity contribution in [2.24, 2.45) is 0 Å². The molecule has 0 fully saturated rings. The molecule has 3 rings (SSSR count). The molecule has 96 valence electrons. The number of nitrogens with zero attached hydrogens (tertiary/aromatic N) is 3. The van der Waals surface area contributed by atoms with E-state index in [4.69, 9.17) is 11.6 Å². The lowest BCUT2D eigenvalue weighted by molar-refractivity contribution is 1.01. The molecule has 2 heterocycles. The van der Waals surface area contributed by atoms with Crippen LogP contribution in [-0.4, -0.2) is 19.9 Å². The van der Waals surface area contributed by atoms with Crippen molar-refractivity contribution in [2.45, 2.75) is 17.1 Å². The zero-order chi connectivity index (χ0) is 13.4. The first-order valence-corrected chi connectivity index (χ1v) is 7.43. The van der Waals surface area contributed by atoms with Crippen LogP contribution in [0.5, 0.6) is 0 Å². The number of fused-ring (bicyclic) bond motifs is 1. The number of halogens is 2. The fraction of sp³-hybridized carbons (Fsp3) is 0.0833. The van der Waals surface area contributed by atoms with Crippen molar-refractivity contribution in [3.8, 4) is 0 Å². The Hall–Kier alpha value is -1.11. The summed E-state index contributed by atoms with van der Waals surface area (Å²) in [7, 11) is 0. The van der Waals surface area contributed by atoms with Gasteiger partial charge in [-0.15, -0.1) is 0 Å². The third kappa shape index (κ3) is 2.75. The number of aryl methyl sites for hydroxylation is 1. The molecule has 0 saturated heterocycles. The van der Waals surface area contributed by atoms with Gasteiger partial charge in [0.15, 0.2) is 5.16 Å². The highest BCUT2D eigenvalue weighted by Gasteiger charge is 2.10. The van der Waals surface area contributed by atoms with Gasteiger partial charge in [0.05, 0.1) is 15.5 Å². The average molecular weight is 356 g/mol. The molecule has 0 unspecified atom stereocenters. The van der Waals surface area contributed by atoms with Crippen LogP contribution in [-0.2, 0) is 0 Å². The van der Waals surface area contributed by atoms with E-state index in [0.717, 1.165) is 25.7 Å². The van der Waals surface area contributed by atoms with Crippen LogP contribution in [0.2, 0.25) is 5.28 Å². The Morgan fingerprint density at radius 2 is 2.16 bits per heavy atom. The number of nitrogens with one attached hydrogen (secondary N) is 1. The fourth-order valence-corrected chi connectivity index (χ4v) is 3.03.